The fourth-order valence-electron chi connectivity index (χ4n) is 6.27. The third-order valence-electron chi connectivity index (χ3n) is 9.48. The Hall–Kier alpha value is -1.74. The molecule has 4 nitrogen and oxygen atoms in total. The molecule has 2 aliphatic heterocycles. The standard InChI is InChI=1S/C32H49NO3Si2/c1-31(2,3)37(7,8)35-23-25-19-22-30(34)33-26(20-21-29(25)33)24-36-38(32(4,5)6,27-15-11-9-12-16-27)28-17-13-10-14-18-28/h9-18,25-26,29H,19-24H2,1-8H3/t25-,26+,29+/m1/s1. The molecule has 1 amide bonds. The van der Waals surface area contributed by atoms with E-state index >= 15 is 0 Å². The molecule has 2 fully saturated rings. The van der Waals surface area contributed by atoms with Crippen molar-refractivity contribution in [3.05, 3.63) is 60.7 Å². The van der Waals surface area contributed by atoms with Crippen LogP contribution in [0, 0.1) is 5.92 Å². The van der Waals surface area contributed by atoms with E-state index < -0.39 is 16.6 Å². The SMILES string of the molecule is CC(C)(C)[Si](C)(C)OC[C@H]1CCC(=O)N2[C@H](CO[Si](c3ccccc3)(c3ccccc3)C(C)(C)C)CC[C@@H]12. The van der Waals surface area contributed by atoms with Gasteiger partial charge in [0.05, 0.1) is 12.6 Å². The molecule has 0 bridgehead atoms. The zero-order valence-corrected chi connectivity index (χ0v) is 26.9. The third kappa shape index (κ3) is 5.60. The number of rotatable bonds is 8. The lowest BCUT2D eigenvalue weighted by atomic mass is 9.89. The monoisotopic (exact) mass is 551 g/mol. The molecule has 3 atom stereocenters. The highest BCUT2D eigenvalue weighted by atomic mass is 28.4. The lowest BCUT2D eigenvalue weighted by Crippen LogP contribution is -2.67. The van der Waals surface area contributed by atoms with Crippen LogP contribution in [0.4, 0.5) is 0 Å². The van der Waals surface area contributed by atoms with Gasteiger partial charge in [-0.2, -0.15) is 0 Å². The Morgan fingerprint density at radius 3 is 1.82 bits per heavy atom. The van der Waals surface area contributed by atoms with E-state index in [2.05, 4.69) is 120 Å². The van der Waals surface area contributed by atoms with Gasteiger partial charge in [0, 0.05) is 25.0 Å². The molecule has 2 heterocycles. The number of carbonyl (C=O) groups is 1. The van der Waals surface area contributed by atoms with Gasteiger partial charge < -0.3 is 13.8 Å². The lowest BCUT2D eigenvalue weighted by molar-refractivity contribution is -0.140. The summed E-state index contributed by atoms with van der Waals surface area (Å²) in [4.78, 5) is 15.5. The Kier molecular flexibility index (Phi) is 8.49. The smallest absolute Gasteiger partial charge is 0.261 e. The average molecular weight is 552 g/mol. The van der Waals surface area contributed by atoms with E-state index in [-0.39, 0.29) is 22.2 Å². The van der Waals surface area contributed by atoms with Crippen molar-refractivity contribution < 1.29 is 13.6 Å². The summed E-state index contributed by atoms with van der Waals surface area (Å²) >= 11 is 0. The molecule has 0 spiro atoms. The number of hydrogen-bond acceptors (Lipinski definition) is 3. The molecule has 6 heteroatoms. The molecule has 38 heavy (non-hydrogen) atoms. The van der Waals surface area contributed by atoms with Crippen molar-refractivity contribution in [1.82, 2.24) is 4.90 Å². The molecule has 2 aromatic carbocycles. The highest BCUT2D eigenvalue weighted by Crippen LogP contribution is 2.42. The molecule has 2 saturated heterocycles. The molecule has 0 N–H and O–H groups in total. The fraction of sp³-hybridized carbons (Fsp3) is 0.594. The first-order chi connectivity index (χ1) is 17.8. The van der Waals surface area contributed by atoms with Crippen LogP contribution < -0.4 is 10.4 Å². The van der Waals surface area contributed by atoms with Crippen molar-refractivity contribution >= 4 is 32.9 Å². The molecule has 0 unspecified atom stereocenters. The fourth-order valence-corrected chi connectivity index (χ4v) is 11.9. The number of amides is 1. The van der Waals surface area contributed by atoms with Crippen molar-refractivity contribution in [2.24, 2.45) is 5.92 Å². The van der Waals surface area contributed by atoms with Crippen LogP contribution in [-0.2, 0) is 13.6 Å². The van der Waals surface area contributed by atoms with Crippen LogP contribution in [0.1, 0.15) is 67.2 Å². The molecule has 2 aliphatic rings. The van der Waals surface area contributed by atoms with Gasteiger partial charge in [0.2, 0.25) is 5.91 Å². The first-order valence-corrected chi connectivity index (χ1v) is 19.3. The Balaban J connectivity index is 1.57. The van der Waals surface area contributed by atoms with E-state index in [1.54, 1.807) is 0 Å². The van der Waals surface area contributed by atoms with E-state index in [0.717, 1.165) is 25.9 Å². The Bertz CT molecular complexity index is 1040. The lowest BCUT2D eigenvalue weighted by Gasteiger charge is -2.45. The van der Waals surface area contributed by atoms with Crippen molar-refractivity contribution in [3.63, 3.8) is 0 Å². The molecule has 4 rings (SSSR count). The van der Waals surface area contributed by atoms with Crippen LogP contribution in [0.15, 0.2) is 60.7 Å². The maximum absolute atomic E-state index is 13.3. The summed E-state index contributed by atoms with van der Waals surface area (Å²) in [5.74, 6) is 0.715. The molecule has 0 aliphatic carbocycles. The minimum absolute atomic E-state index is 0.0703. The maximum Gasteiger partial charge on any atom is 0.261 e. The predicted molar refractivity (Wildman–Crippen MR) is 163 cm³/mol. The third-order valence-corrected chi connectivity index (χ3v) is 19.0. The number of fused-ring (bicyclic) bond motifs is 1. The Morgan fingerprint density at radius 1 is 0.763 bits per heavy atom. The van der Waals surface area contributed by atoms with Gasteiger partial charge in [-0.1, -0.05) is 102 Å². The summed E-state index contributed by atoms with van der Waals surface area (Å²) in [7, 11) is -4.46. The summed E-state index contributed by atoms with van der Waals surface area (Å²) in [6, 6.07) is 22.0. The second-order valence-electron chi connectivity index (χ2n) is 13.9. The van der Waals surface area contributed by atoms with Crippen LogP contribution in [0.5, 0.6) is 0 Å². The molecular weight excluding hydrogens is 503 g/mol. The van der Waals surface area contributed by atoms with Crippen molar-refractivity contribution in [1.29, 1.82) is 0 Å². The van der Waals surface area contributed by atoms with Crippen molar-refractivity contribution in [2.45, 2.75) is 102 Å². The molecule has 208 valence electrons. The second kappa shape index (κ2) is 11.0. The maximum atomic E-state index is 13.3. The van der Waals surface area contributed by atoms with E-state index in [0.29, 0.717) is 24.9 Å². The number of piperidine rings is 1. The largest absolute Gasteiger partial charge is 0.416 e. The summed E-state index contributed by atoms with van der Waals surface area (Å²) in [6.45, 7) is 19.8. The van der Waals surface area contributed by atoms with Crippen molar-refractivity contribution in [3.8, 4) is 0 Å². The molecular formula is C32H49NO3Si2. The minimum Gasteiger partial charge on any atom is -0.416 e. The van der Waals surface area contributed by atoms with Crippen LogP contribution in [0.3, 0.4) is 0 Å². The van der Waals surface area contributed by atoms with E-state index in [4.69, 9.17) is 8.85 Å². The number of nitrogens with zero attached hydrogens (tertiary/aromatic N) is 1. The first kappa shape index (κ1) is 29.3. The summed E-state index contributed by atoms with van der Waals surface area (Å²) < 4.78 is 13.9. The summed E-state index contributed by atoms with van der Waals surface area (Å²) in [5.41, 5.74) is 0. The Labute approximate surface area is 233 Å². The van der Waals surface area contributed by atoms with Gasteiger partial charge in [0.25, 0.3) is 8.32 Å². The first-order valence-electron chi connectivity index (χ1n) is 14.5. The van der Waals surface area contributed by atoms with E-state index in [9.17, 15) is 4.79 Å². The van der Waals surface area contributed by atoms with Gasteiger partial charge >= 0.3 is 0 Å². The van der Waals surface area contributed by atoms with Gasteiger partial charge in [-0.15, -0.1) is 0 Å². The molecule has 2 aromatic rings. The minimum atomic E-state index is -2.63. The highest BCUT2D eigenvalue weighted by molar-refractivity contribution is 6.99. The number of carbonyl (C=O) groups excluding carboxylic acids is 1. The average Bonchev–Trinajstić information content (AvgIpc) is 3.29. The number of hydrogen-bond donors (Lipinski definition) is 0. The number of benzene rings is 2. The highest BCUT2D eigenvalue weighted by Gasteiger charge is 2.52. The topological polar surface area (TPSA) is 38.8 Å². The Morgan fingerprint density at radius 2 is 1.32 bits per heavy atom. The van der Waals surface area contributed by atoms with E-state index in [1.165, 1.54) is 10.4 Å². The van der Waals surface area contributed by atoms with Crippen molar-refractivity contribution in [2.75, 3.05) is 13.2 Å². The zero-order valence-electron chi connectivity index (χ0n) is 24.9. The summed E-state index contributed by atoms with van der Waals surface area (Å²) in [5, 5.41) is 2.70. The van der Waals surface area contributed by atoms with Crippen LogP contribution in [-0.4, -0.2) is 52.7 Å². The molecule has 0 aromatic heterocycles. The van der Waals surface area contributed by atoms with Crippen LogP contribution >= 0.6 is 0 Å². The van der Waals surface area contributed by atoms with Crippen LogP contribution in [0.25, 0.3) is 0 Å². The summed E-state index contributed by atoms with van der Waals surface area (Å²) in [6.07, 6.45) is 3.62. The normalized spacial score (nSPS) is 23.0. The zero-order chi connectivity index (χ0) is 27.8. The second-order valence-corrected chi connectivity index (χ2v) is 23.1. The van der Waals surface area contributed by atoms with Gasteiger partial charge in [0.1, 0.15) is 0 Å². The van der Waals surface area contributed by atoms with Gasteiger partial charge in [-0.3, -0.25) is 4.79 Å². The van der Waals surface area contributed by atoms with Gasteiger partial charge in [-0.05, 0) is 52.8 Å². The predicted octanol–water partition coefficient (Wildman–Crippen LogP) is 6.35. The quantitative estimate of drug-likeness (QED) is 0.359. The molecule has 0 radical (unpaired) electrons. The van der Waals surface area contributed by atoms with Crippen LogP contribution in [0.2, 0.25) is 23.2 Å². The van der Waals surface area contributed by atoms with Gasteiger partial charge in [-0.25, -0.2) is 0 Å². The van der Waals surface area contributed by atoms with E-state index in [1.807, 2.05) is 0 Å². The van der Waals surface area contributed by atoms with Gasteiger partial charge in [0.15, 0.2) is 8.32 Å². The molecule has 0 saturated carbocycles.